The standard InChI is InChI=1S/C16H21N5O3/c1-11(22)18-16(17)21(12(2)23)9-4-6-13-10-20-8-5-7-14(20)15(24)19(13)3/h5,7-8,10H,4,6,9H2,1-3H3,(H2,17,18,22). The van der Waals surface area contributed by atoms with E-state index in [0.717, 1.165) is 5.69 Å². The second-order valence-electron chi connectivity index (χ2n) is 5.59. The highest BCUT2D eigenvalue weighted by Crippen LogP contribution is 2.06. The van der Waals surface area contributed by atoms with Crippen LogP contribution in [-0.4, -0.2) is 38.2 Å². The van der Waals surface area contributed by atoms with Gasteiger partial charge in [-0.3, -0.25) is 30.0 Å². The summed E-state index contributed by atoms with van der Waals surface area (Å²) in [5.74, 6) is -0.944. The maximum absolute atomic E-state index is 12.2. The summed E-state index contributed by atoms with van der Waals surface area (Å²) in [7, 11) is 1.72. The van der Waals surface area contributed by atoms with Crippen LogP contribution < -0.4 is 10.9 Å². The Morgan fingerprint density at radius 3 is 2.67 bits per heavy atom. The number of aryl methyl sites for hydroxylation is 1. The molecule has 0 atom stereocenters. The van der Waals surface area contributed by atoms with E-state index in [2.05, 4.69) is 5.32 Å². The van der Waals surface area contributed by atoms with Crippen molar-refractivity contribution in [1.29, 1.82) is 5.41 Å². The van der Waals surface area contributed by atoms with E-state index in [-0.39, 0.29) is 24.0 Å². The minimum Gasteiger partial charge on any atom is -0.317 e. The minimum absolute atomic E-state index is 0.0769. The molecule has 0 spiro atoms. The first-order valence-corrected chi connectivity index (χ1v) is 7.61. The smallest absolute Gasteiger partial charge is 0.274 e. The van der Waals surface area contributed by atoms with Crippen LogP contribution >= 0.6 is 0 Å². The number of fused-ring (bicyclic) bond motifs is 1. The SMILES string of the molecule is CC(=O)NC(=N)N(CCCc1cn2cccc2c(=O)n1C)C(C)=O. The molecule has 2 aromatic heterocycles. The summed E-state index contributed by atoms with van der Waals surface area (Å²) >= 11 is 0. The summed E-state index contributed by atoms with van der Waals surface area (Å²) in [5, 5.41) is 10.1. The molecule has 8 heteroatoms. The number of nitrogens with zero attached hydrogens (tertiary/aromatic N) is 3. The second-order valence-corrected chi connectivity index (χ2v) is 5.59. The first-order valence-electron chi connectivity index (χ1n) is 7.61. The van der Waals surface area contributed by atoms with Crippen molar-refractivity contribution >= 4 is 23.3 Å². The molecule has 2 aromatic rings. The topological polar surface area (TPSA) is 99.7 Å². The number of aromatic nitrogens is 2. The summed E-state index contributed by atoms with van der Waals surface area (Å²) in [6.07, 6.45) is 4.82. The van der Waals surface area contributed by atoms with Gasteiger partial charge in [0.15, 0.2) is 0 Å². The lowest BCUT2D eigenvalue weighted by Crippen LogP contribution is -2.45. The molecule has 2 rings (SSSR count). The van der Waals surface area contributed by atoms with Gasteiger partial charge >= 0.3 is 0 Å². The molecule has 0 radical (unpaired) electrons. The molecular weight excluding hydrogens is 310 g/mol. The number of guanidine groups is 1. The van der Waals surface area contributed by atoms with Crippen LogP contribution in [-0.2, 0) is 23.1 Å². The minimum atomic E-state index is -0.397. The Kier molecular flexibility index (Phi) is 5.18. The molecule has 0 bridgehead atoms. The molecule has 0 fully saturated rings. The fourth-order valence-electron chi connectivity index (χ4n) is 2.55. The summed E-state index contributed by atoms with van der Waals surface area (Å²) in [4.78, 5) is 36.1. The van der Waals surface area contributed by atoms with Gasteiger partial charge in [-0.25, -0.2) is 0 Å². The first kappa shape index (κ1) is 17.5. The molecule has 24 heavy (non-hydrogen) atoms. The van der Waals surface area contributed by atoms with E-state index in [0.29, 0.717) is 18.4 Å². The number of hydrogen-bond donors (Lipinski definition) is 2. The van der Waals surface area contributed by atoms with Gasteiger partial charge in [-0.1, -0.05) is 0 Å². The second kappa shape index (κ2) is 7.12. The van der Waals surface area contributed by atoms with Crippen LogP contribution in [0.15, 0.2) is 29.3 Å². The Morgan fingerprint density at radius 2 is 2.04 bits per heavy atom. The van der Waals surface area contributed by atoms with E-state index >= 15 is 0 Å². The molecule has 2 N–H and O–H groups in total. The average molecular weight is 331 g/mol. The zero-order valence-electron chi connectivity index (χ0n) is 14.0. The summed E-state index contributed by atoms with van der Waals surface area (Å²) in [6, 6.07) is 3.57. The van der Waals surface area contributed by atoms with E-state index in [1.54, 1.807) is 22.1 Å². The normalized spacial score (nSPS) is 10.6. The molecular formula is C16H21N5O3. The molecule has 0 aromatic carbocycles. The quantitative estimate of drug-likeness (QED) is 0.630. The van der Waals surface area contributed by atoms with Crippen LogP contribution in [0.1, 0.15) is 26.0 Å². The highest BCUT2D eigenvalue weighted by atomic mass is 16.2. The zero-order valence-corrected chi connectivity index (χ0v) is 14.0. The van der Waals surface area contributed by atoms with Crippen LogP contribution in [0.25, 0.3) is 5.52 Å². The predicted octanol–water partition coefficient (Wildman–Crippen LogP) is 0.490. The molecule has 0 saturated carbocycles. The van der Waals surface area contributed by atoms with Crippen molar-refractivity contribution < 1.29 is 9.59 Å². The van der Waals surface area contributed by atoms with E-state index in [9.17, 15) is 14.4 Å². The molecule has 0 aliphatic rings. The predicted molar refractivity (Wildman–Crippen MR) is 89.9 cm³/mol. The van der Waals surface area contributed by atoms with Gasteiger partial charge in [0.2, 0.25) is 17.8 Å². The largest absolute Gasteiger partial charge is 0.317 e. The lowest BCUT2D eigenvalue weighted by molar-refractivity contribution is -0.125. The average Bonchev–Trinajstić information content (AvgIpc) is 2.95. The van der Waals surface area contributed by atoms with Crippen molar-refractivity contribution in [2.45, 2.75) is 26.7 Å². The fraction of sp³-hybridized carbons (Fsp3) is 0.375. The number of hydrogen-bond acceptors (Lipinski definition) is 4. The number of amides is 2. The third-order valence-corrected chi connectivity index (χ3v) is 3.78. The molecule has 8 nitrogen and oxygen atoms in total. The Balaban J connectivity index is 2.08. The third kappa shape index (κ3) is 3.70. The van der Waals surface area contributed by atoms with Crippen LogP contribution in [0.3, 0.4) is 0 Å². The molecule has 128 valence electrons. The Hall–Kier alpha value is -2.90. The van der Waals surface area contributed by atoms with Gasteiger partial charge in [-0.05, 0) is 25.0 Å². The van der Waals surface area contributed by atoms with Crippen molar-refractivity contribution in [3.63, 3.8) is 0 Å². The summed E-state index contributed by atoms with van der Waals surface area (Å²) < 4.78 is 3.37. The number of rotatable bonds is 4. The monoisotopic (exact) mass is 331 g/mol. The number of nitrogens with one attached hydrogen (secondary N) is 2. The number of carbonyl (C=O) groups excluding carboxylic acids is 2. The van der Waals surface area contributed by atoms with E-state index in [1.165, 1.54) is 18.7 Å². The highest BCUT2D eigenvalue weighted by molar-refractivity contribution is 6.01. The Labute approximate surface area is 139 Å². The maximum Gasteiger partial charge on any atom is 0.274 e. The molecule has 0 aliphatic carbocycles. The van der Waals surface area contributed by atoms with E-state index in [1.807, 2.05) is 18.5 Å². The maximum atomic E-state index is 12.2. The van der Waals surface area contributed by atoms with Crippen LogP contribution in [0.5, 0.6) is 0 Å². The summed E-state index contributed by atoms with van der Waals surface area (Å²) in [5.41, 5.74) is 1.37. The lowest BCUT2D eigenvalue weighted by Gasteiger charge is -2.21. The zero-order chi connectivity index (χ0) is 17.9. The van der Waals surface area contributed by atoms with Gasteiger partial charge in [-0.2, -0.15) is 0 Å². The highest BCUT2D eigenvalue weighted by Gasteiger charge is 2.15. The van der Waals surface area contributed by atoms with Gasteiger partial charge in [0.1, 0.15) is 5.52 Å². The Morgan fingerprint density at radius 1 is 1.33 bits per heavy atom. The molecule has 0 unspecified atom stereocenters. The van der Waals surface area contributed by atoms with Crippen molar-refractivity contribution in [3.8, 4) is 0 Å². The van der Waals surface area contributed by atoms with Crippen molar-refractivity contribution in [2.24, 2.45) is 7.05 Å². The molecule has 2 amide bonds. The first-order chi connectivity index (χ1) is 11.3. The van der Waals surface area contributed by atoms with Gasteiger partial charge in [-0.15, -0.1) is 0 Å². The Bertz CT molecular complexity index is 849. The van der Waals surface area contributed by atoms with E-state index in [4.69, 9.17) is 5.41 Å². The van der Waals surface area contributed by atoms with Gasteiger partial charge in [0.05, 0.1) is 0 Å². The van der Waals surface area contributed by atoms with Gasteiger partial charge in [0.25, 0.3) is 5.56 Å². The molecule has 2 heterocycles. The van der Waals surface area contributed by atoms with E-state index < -0.39 is 5.91 Å². The summed E-state index contributed by atoms with van der Waals surface area (Å²) in [6.45, 7) is 2.92. The molecule has 0 aliphatic heterocycles. The van der Waals surface area contributed by atoms with Crippen LogP contribution in [0.4, 0.5) is 0 Å². The van der Waals surface area contributed by atoms with Crippen molar-refractivity contribution in [3.05, 3.63) is 40.6 Å². The van der Waals surface area contributed by atoms with Crippen LogP contribution in [0.2, 0.25) is 0 Å². The van der Waals surface area contributed by atoms with Gasteiger partial charge < -0.3 is 8.97 Å². The lowest BCUT2D eigenvalue weighted by atomic mass is 10.2. The third-order valence-electron chi connectivity index (χ3n) is 3.78. The van der Waals surface area contributed by atoms with Crippen molar-refractivity contribution in [1.82, 2.24) is 19.2 Å². The molecule has 0 saturated heterocycles. The van der Waals surface area contributed by atoms with Crippen molar-refractivity contribution in [2.75, 3.05) is 6.54 Å². The van der Waals surface area contributed by atoms with Gasteiger partial charge in [0, 0.05) is 45.5 Å². The van der Waals surface area contributed by atoms with Crippen LogP contribution in [0, 0.1) is 5.41 Å². The number of carbonyl (C=O) groups is 2. The fourth-order valence-corrected chi connectivity index (χ4v) is 2.55.